The van der Waals surface area contributed by atoms with E-state index in [4.69, 9.17) is 21.1 Å². The van der Waals surface area contributed by atoms with Crippen molar-refractivity contribution in [2.45, 2.75) is 13.0 Å². The summed E-state index contributed by atoms with van der Waals surface area (Å²) in [5.74, 6) is 1.08. The number of aromatic nitrogens is 1. The second-order valence-electron chi connectivity index (χ2n) is 7.89. The highest BCUT2D eigenvalue weighted by Gasteiger charge is 2.20. The number of aromatic amines is 1. The van der Waals surface area contributed by atoms with Gasteiger partial charge >= 0.3 is 0 Å². The van der Waals surface area contributed by atoms with Gasteiger partial charge in [0, 0.05) is 34.1 Å². The molecule has 1 aliphatic heterocycles. The van der Waals surface area contributed by atoms with Gasteiger partial charge in [0.05, 0.1) is 12.1 Å². The molecule has 0 spiro atoms. The molecule has 1 aliphatic rings. The third kappa shape index (κ3) is 4.56. The first-order chi connectivity index (χ1) is 16.1. The lowest BCUT2D eigenvalue weighted by molar-refractivity contribution is 0.0744. The Morgan fingerprint density at radius 2 is 1.70 bits per heavy atom. The van der Waals surface area contributed by atoms with Crippen LogP contribution in [0.5, 0.6) is 11.5 Å². The Labute approximate surface area is 195 Å². The summed E-state index contributed by atoms with van der Waals surface area (Å²) in [6.07, 6.45) is 0.671. The van der Waals surface area contributed by atoms with E-state index >= 15 is 0 Å². The SMILES string of the molecule is O=C(c1ccc(Cl)cc1)N(CCc1ccccc1)Cc1cc2cc3c(cc2[nH]c1=O)OCO3. The molecule has 0 aliphatic carbocycles. The van der Waals surface area contributed by atoms with E-state index < -0.39 is 0 Å². The number of benzene rings is 3. The molecule has 0 bridgehead atoms. The van der Waals surface area contributed by atoms with E-state index in [-0.39, 0.29) is 24.8 Å². The molecule has 2 heterocycles. The number of carbonyl (C=O) groups is 1. The number of H-pyrrole nitrogens is 1. The second kappa shape index (κ2) is 9.00. The average molecular weight is 461 g/mol. The van der Waals surface area contributed by atoms with Crippen molar-refractivity contribution >= 4 is 28.4 Å². The number of nitrogens with one attached hydrogen (secondary N) is 1. The van der Waals surface area contributed by atoms with Crippen LogP contribution in [-0.4, -0.2) is 29.1 Å². The minimum absolute atomic E-state index is 0.158. The molecule has 0 fully saturated rings. The summed E-state index contributed by atoms with van der Waals surface area (Å²) >= 11 is 5.99. The van der Waals surface area contributed by atoms with Crippen molar-refractivity contribution in [3.05, 3.63) is 105 Å². The van der Waals surface area contributed by atoms with Gasteiger partial charge in [-0.05, 0) is 48.4 Å². The summed E-state index contributed by atoms with van der Waals surface area (Å²) in [6.45, 7) is 0.795. The van der Waals surface area contributed by atoms with Gasteiger partial charge in [0.25, 0.3) is 11.5 Å². The van der Waals surface area contributed by atoms with Gasteiger partial charge in [-0.25, -0.2) is 0 Å². The van der Waals surface area contributed by atoms with Gasteiger partial charge in [0.1, 0.15) is 0 Å². The largest absolute Gasteiger partial charge is 0.454 e. The second-order valence-corrected chi connectivity index (χ2v) is 8.32. The maximum atomic E-state index is 13.3. The normalized spacial score (nSPS) is 12.2. The lowest BCUT2D eigenvalue weighted by Crippen LogP contribution is -2.34. The Bertz CT molecular complexity index is 1370. The molecule has 0 atom stereocenters. The standard InChI is InChI=1S/C26H21ClN2O4/c27-21-8-6-18(7-9-21)26(31)29(11-10-17-4-2-1-3-5-17)15-20-12-19-13-23-24(33-16-32-23)14-22(19)28-25(20)30/h1-9,12-14H,10-11,15-16H2,(H,28,30). The summed E-state index contributed by atoms with van der Waals surface area (Å²) in [6, 6.07) is 22.1. The van der Waals surface area contributed by atoms with Crippen LogP contribution in [0.1, 0.15) is 21.5 Å². The number of nitrogens with zero attached hydrogens (tertiary/aromatic N) is 1. The maximum Gasteiger partial charge on any atom is 0.254 e. The van der Waals surface area contributed by atoms with Crippen molar-refractivity contribution in [3.8, 4) is 11.5 Å². The first kappa shape index (κ1) is 21.1. The topological polar surface area (TPSA) is 71.6 Å². The molecule has 1 amide bonds. The van der Waals surface area contributed by atoms with Crippen LogP contribution in [0.3, 0.4) is 0 Å². The quantitative estimate of drug-likeness (QED) is 0.449. The number of halogens is 1. The maximum absolute atomic E-state index is 13.3. The lowest BCUT2D eigenvalue weighted by atomic mass is 10.1. The third-order valence-electron chi connectivity index (χ3n) is 5.67. The van der Waals surface area contributed by atoms with Gasteiger partial charge in [-0.2, -0.15) is 0 Å². The first-order valence-corrected chi connectivity index (χ1v) is 11.0. The lowest BCUT2D eigenvalue weighted by Gasteiger charge is -2.23. The zero-order chi connectivity index (χ0) is 22.8. The smallest absolute Gasteiger partial charge is 0.254 e. The van der Waals surface area contributed by atoms with Gasteiger partial charge in [-0.3, -0.25) is 9.59 Å². The van der Waals surface area contributed by atoms with E-state index in [1.165, 1.54) is 0 Å². The predicted octanol–water partition coefficient (Wildman–Crippen LogP) is 4.80. The molecule has 7 heteroatoms. The molecule has 1 aromatic heterocycles. The van der Waals surface area contributed by atoms with Crippen molar-refractivity contribution in [1.82, 2.24) is 9.88 Å². The minimum atomic E-state index is -0.241. The molecule has 0 saturated carbocycles. The fourth-order valence-corrected chi connectivity index (χ4v) is 4.03. The Morgan fingerprint density at radius 3 is 2.45 bits per heavy atom. The third-order valence-corrected chi connectivity index (χ3v) is 5.92. The molecule has 1 N–H and O–H groups in total. The molecule has 6 nitrogen and oxygen atoms in total. The average Bonchev–Trinajstić information content (AvgIpc) is 3.28. The molecule has 4 aromatic rings. The fraction of sp³-hybridized carbons (Fsp3) is 0.154. The highest BCUT2D eigenvalue weighted by atomic mass is 35.5. The predicted molar refractivity (Wildman–Crippen MR) is 127 cm³/mol. The van der Waals surface area contributed by atoms with E-state index in [9.17, 15) is 9.59 Å². The van der Waals surface area contributed by atoms with Gasteiger partial charge in [0.15, 0.2) is 11.5 Å². The fourth-order valence-electron chi connectivity index (χ4n) is 3.90. The van der Waals surface area contributed by atoms with Gasteiger partial charge in [-0.1, -0.05) is 41.9 Å². The molecule has 0 radical (unpaired) electrons. The van der Waals surface area contributed by atoms with Gasteiger partial charge in [-0.15, -0.1) is 0 Å². The number of ether oxygens (including phenoxy) is 2. The zero-order valence-electron chi connectivity index (χ0n) is 17.7. The Kier molecular flexibility index (Phi) is 5.75. The Hall–Kier alpha value is -3.77. The number of fused-ring (bicyclic) bond motifs is 2. The summed E-state index contributed by atoms with van der Waals surface area (Å²) in [5.41, 5.74) is 2.55. The molecule has 0 saturated heterocycles. The summed E-state index contributed by atoms with van der Waals surface area (Å²) < 4.78 is 10.9. The van der Waals surface area contributed by atoms with Crippen LogP contribution in [0.4, 0.5) is 0 Å². The van der Waals surface area contributed by atoms with Crippen LogP contribution in [0.15, 0.2) is 77.6 Å². The Balaban J connectivity index is 1.46. The molecule has 166 valence electrons. The Morgan fingerprint density at radius 1 is 0.970 bits per heavy atom. The first-order valence-electron chi connectivity index (χ1n) is 10.6. The highest BCUT2D eigenvalue weighted by molar-refractivity contribution is 6.30. The van der Waals surface area contributed by atoms with Crippen molar-refractivity contribution in [2.75, 3.05) is 13.3 Å². The molecule has 0 unspecified atom stereocenters. The number of amides is 1. The van der Waals surface area contributed by atoms with Crippen molar-refractivity contribution in [1.29, 1.82) is 0 Å². The molecular weight excluding hydrogens is 440 g/mol. The van der Waals surface area contributed by atoms with Gasteiger partial charge in [0.2, 0.25) is 6.79 Å². The van der Waals surface area contributed by atoms with E-state index in [0.29, 0.717) is 46.1 Å². The van der Waals surface area contributed by atoms with Crippen LogP contribution in [0, 0.1) is 0 Å². The summed E-state index contributed by atoms with van der Waals surface area (Å²) in [4.78, 5) is 30.8. The van der Waals surface area contributed by atoms with Crippen LogP contribution in [0.2, 0.25) is 5.02 Å². The van der Waals surface area contributed by atoms with Gasteiger partial charge < -0.3 is 19.4 Å². The number of hydrogen-bond donors (Lipinski definition) is 1. The van der Waals surface area contributed by atoms with Crippen molar-refractivity contribution in [3.63, 3.8) is 0 Å². The van der Waals surface area contributed by atoms with Crippen LogP contribution < -0.4 is 15.0 Å². The number of rotatable bonds is 6. The molecular formula is C26H21ClN2O4. The minimum Gasteiger partial charge on any atom is -0.454 e. The van der Waals surface area contributed by atoms with E-state index in [1.807, 2.05) is 36.4 Å². The molecule has 5 rings (SSSR count). The van der Waals surface area contributed by atoms with Crippen LogP contribution >= 0.6 is 11.6 Å². The number of hydrogen-bond acceptors (Lipinski definition) is 4. The van der Waals surface area contributed by atoms with E-state index in [2.05, 4.69) is 4.98 Å². The molecule has 3 aromatic carbocycles. The highest BCUT2D eigenvalue weighted by Crippen LogP contribution is 2.35. The van der Waals surface area contributed by atoms with Crippen molar-refractivity contribution < 1.29 is 14.3 Å². The van der Waals surface area contributed by atoms with E-state index in [0.717, 1.165) is 10.9 Å². The number of pyridine rings is 1. The summed E-state index contributed by atoms with van der Waals surface area (Å²) in [7, 11) is 0. The zero-order valence-corrected chi connectivity index (χ0v) is 18.5. The molecule has 33 heavy (non-hydrogen) atoms. The van der Waals surface area contributed by atoms with E-state index in [1.54, 1.807) is 41.3 Å². The van der Waals surface area contributed by atoms with Crippen LogP contribution in [-0.2, 0) is 13.0 Å². The van der Waals surface area contributed by atoms with Crippen LogP contribution in [0.25, 0.3) is 10.9 Å². The monoisotopic (exact) mass is 460 g/mol. The summed E-state index contributed by atoms with van der Waals surface area (Å²) in [5, 5.41) is 1.38. The van der Waals surface area contributed by atoms with Crippen molar-refractivity contribution in [2.24, 2.45) is 0 Å². The number of carbonyl (C=O) groups excluding carboxylic acids is 1.